The molecule has 0 aliphatic carbocycles. The van der Waals surface area contributed by atoms with Crippen LogP contribution in [0.5, 0.6) is 0 Å². The lowest BCUT2D eigenvalue weighted by Crippen LogP contribution is -1.78. The van der Waals surface area contributed by atoms with Gasteiger partial charge in [-0.15, -0.1) is 0 Å². The van der Waals surface area contributed by atoms with Crippen LogP contribution in [0.3, 0.4) is 0 Å². The monoisotopic (exact) mass is 288 g/mol. The van der Waals surface area contributed by atoms with Crippen molar-refractivity contribution >= 4 is 17.9 Å². The predicted octanol–water partition coefficient (Wildman–Crippen LogP) is -4.68. The van der Waals surface area contributed by atoms with Gasteiger partial charge in [0.2, 0.25) is 0 Å². The zero-order valence-electron chi connectivity index (χ0n) is 10.1. The van der Waals surface area contributed by atoms with E-state index >= 15 is 0 Å². The van der Waals surface area contributed by atoms with Gasteiger partial charge in [-0.3, -0.25) is 14.4 Å². The summed E-state index contributed by atoms with van der Waals surface area (Å²) in [6.07, 6.45) is 0. The third-order valence-electron chi connectivity index (χ3n) is 0. The van der Waals surface area contributed by atoms with Crippen molar-refractivity contribution in [1.29, 1.82) is 0 Å². The molecule has 0 heterocycles. The van der Waals surface area contributed by atoms with Gasteiger partial charge in [0.15, 0.2) is 0 Å². The van der Waals surface area contributed by atoms with Gasteiger partial charge < -0.3 is 48.2 Å². The fourth-order valence-electron chi connectivity index (χ4n) is 0. The molecule has 18 heavy (non-hydrogen) atoms. The number of aliphatic carboxylic acids is 3. The van der Waals surface area contributed by atoms with E-state index in [0.717, 1.165) is 20.8 Å². The van der Waals surface area contributed by atoms with Crippen molar-refractivity contribution in [3.63, 3.8) is 0 Å². The zero-order chi connectivity index (χ0) is 10.7. The first-order chi connectivity index (χ1) is 5.20. The lowest BCUT2D eigenvalue weighted by atomic mass is 10.9. The van der Waals surface area contributed by atoms with E-state index in [2.05, 4.69) is 0 Å². The van der Waals surface area contributed by atoms with E-state index in [-0.39, 0.29) is 32.9 Å². The summed E-state index contributed by atoms with van der Waals surface area (Å²) in [5.74, 6) is -2.50. The van der Waals surface area contributed by atoms with Crippen molar-refractivity contribution in [2.75, 3.05) is 0 Å². The smallest absolute Gasteiger partial charge is 0.300 e. The van der Waals surface area contributed by atoms with Gasteiger partial charge in [-0.2, -0.15) is 0 Å². The molecule has 0 rings (SSSR count). The van der Waals surface area contributed by atoms with Crippen LogP contribution in [-0.2, 0) is 14.4 Å². The highest BCUT2D eigenvalue weighted by Crippen LogP contribution is 1.42. The Balaban J connectivity index is -0.00000000827. The molecule has 0 aliphatic rings. The first-order valence-electron chi connectivity index (χ1n) is 2.78. The van der Waals surface area contributed by atoms with Gasteiger partial charge in [0.1, 0.15) is 0 Å². The van der Waals surface area contributed by atoms with E-state index in [4.69, 9.17) is 29.7 Å². The molecule has 0 aromatic carbocycles. The summed E-state index contributed by atoms with van der Waals surface area (Å²) in [7, 11) is 0. The van der Waals surface area contributed by atoms with E-state index in [9.17, 15) is 0 Å². The Hall–Kier alpha value is -1.83. The number of carbonyl (C=O) groups is 3. The molecule has 0 fully saturated rings. The molecule has 0 aromatic rings. The SMILES string of the molecule is CC(=O)O.CC(=O)O.CC(=O)O.O.O.O.O.O.O. The van der Waals surface area contributed by atoms with E-state index in [1.165, 1.54) is 0 Å². The Morgan fingerprint density at radius 2 is 0.500 bits per heavy atom. The van der Waals surface area contributed by atoms with Crippen LogP contribution >= 0.6 is 0 Å². The van der Waals surface area contributed by atoms with Crippen molar-refractivity contribution in [2.45, 2.75) is 20.8 Å². The maximum Gasteiger partial charge on any atom is 0.300 e. The highest BCUT2D eigenvalue weighted by atomic mass is 16.4. The number of hydrogen-bond donors (Lipinski definition) is 3. The highest BCUT2D eigenvalue weighted by Gasteiger charge is 1.66. The minimum Gasteiger partial charge on any atom is -0.481 e. The summed E-state index contributed by atoms with van der Waals surface area (Å²) in [5, 5.41) is 22.2. The Morgan fingerprint density at radius 1 is 0.500 bits per heavy atom. The minimum atomic E-state index is -0.833. The Kier molecular flexibility index (Phi) is 238. The molecule has 120 valence electrons. The van der Waals surface area contributed by atoms with Crippen LogP contribution < -0.4 is 0 Å². The maximum atomic E-state index is 9.00. The molecule has 0 unspecified atom stereocenters. The minimum absolute atomic E-state index is 0. The van der Waals surface area contributed by atoms with Crippen LogP contribution in [-0.4, -0.2) is 66.1 Å². The van der Waals surface area contributed by atoms with Gasteiger partial charge in [-0.1, -0.05) is 0 Å². The van der Waals surface area contributed by atoms with Crippen LogP contribution in [0.15, 0.2) is 0 Å². The van der Waals surface area contributed by atoms with Crippen LogP contribution in [0, 0.1) is 0 Å². The molecule has 15 N–H and O–H groups in total. The van der Waals surface area contributed by atoms with Crippen LogP contribution in [0.25, 0.3) is 0 Å². The molecule has 0 saturated heterocycles. The summed E-state index contributed by atoms with van der Waals surface area (Å²) in [4.78, 5) is 27.0. The van der Waals surface area contributed by atoms with Gasteiger partial charge >= 0.3 is 0 Å². The van der Waals surface area contributed by atoms with E-state index in [1.807, 2.05) is 0 Å². The molecular formula is C6H24O12. The van der Waals surface area contributed by atoms with Crippen molar-refractivity contribution < 1.29 is 62.6 Å². The normalized spacial score (nSPS) is 4.17. The highest BCUT2D eigenvalue weighted by molar-refractivity contribution is 5.63. The molecule has 0 bridgehead atoms. The number of carboxylic acid groups (broad SMARTS) is 3. The zero-order valence-corrected chi connectivity index (χ0v) is 10.1. The molecular weight excluding hydrogens is 264 g/mol. The third kappa shape index (κ3) is 734. The van der Waals surface area contributed by atoms with E-state index < -0.39 is 17.9 Å². The molecule has 12 nitrogen and oxygen atoms in total. The number of carboxylic acids is 3. The second-order valence-electron chi connectivity index (χ2n) is 1.56. The number of hydrogen-bond acceptors (Lipinski definition) is 3. The van der Waals surface area contributed by atoms with Crippen molar-refractivity contribution in [1.82, 2.24) is 0 Å². The third-order valence-corrected chi connectivity index (χ3v) is 0. The Labute approximate surface area is 102 Å². The summed E-state index contributed by atoms with van der Waals surface area (Å²) < 4.78 is 0. The molecule has 0 amide bonds. The van der Waals surface area contributed by atoms with Gasteiger partial charge in [0, 0.05) is 20.8 Å². The predicted molar refractivity (Wildman–Crippen MR) is 61.6 cm³/mol. The van der Waals surface area contributed by atoms with Gasteiger partial charge in [0.05, 0.1) is 0 Å². The van der Waals surface area contributed by atoms with Gasteiger partial charge in [-0.25, -0.2) is 0 Å². The lowest BCUT2D eigenvalue weighted by Gasteiger charge is -1.59. The van der Waals surface area contributed by atoms with E-state index in [1.54, 1.807) is 0 Å². The molecule has 0 spiro atoms. The van der Waals surface area contributed by atoms with Crippen molar-refractivity contribution in [3.8, 4) is 0 Å². The van der Waals surface area contributed by atoms with Crippen LogP contribution in [0.2, 0.25) is 0 Å². The number of rotatable bonds is 0. The first-order valence-corrected chi connectivity index (χ1v) is 2.78. The Bertz CT molecular complexity index is 114. The van der Waals surface area contributed by atoms with E-state index in [0.29, 0.717) is 0 Å². The molecule has 0 aromatic heterocycles. The average molecular weight is 288 g/mol. The van der Waals surface area contributed by atoms with Crippen LogP contribution in [0.1, 0.15) is 20.8 Å². The first kappa shape index (κ1) is 72.4. The summed E-state index contributed by atoms with van der Waals surface area (Å²) >= 11 is 0. The van der Waals surface area contributed by atoms with Crippen molar-refractivity contribution in [2.24, 2.45) is 0 Å². The maximum absolute atomic E-state index is 9.00. The second-order valence-corrected chi connectivity index (χ2v) is 1.56. The standard InChI is InChI=1S/3C2H4O2.6H2O/c3*1-2(3)4;;;;;;/h3*1H3,(H,3,4);6*1H2. The summed E-state index contributed by atoms with van der Waals surface area (Å²) in [6.45, 7) is 3.25. The Morgan fingerprint density at radius 3 is 0.500 bits per heavy atom. The van der Waals surface area contributed by atoms with Crippen molar-refractivity contribution in [3.05, 3.63) is 0 Å². The summed E-state index contributed by atoms with van der Waals surface area (Å²) in [5.41, 5.74) is 0. The molecule has 0 aliphatic heterocycles. The topological polar surface area (TPSA) is 301 Å². The van der Waals surface area contributed by atoms with Gasteiger partial charge in [0.25, 0.3) is 17.9 Å². The molecule has 0 saturated carbocycles. The molecule has 0 atom stereocenters. The fourth-order valence-corrected chi connectivity index (χ4v) is 0. The largest absolute Gasteiger partial charge is 0.481 e. The summed E-state index contributed by atoms with van der Waals surface area (Å²) in [6, 6.07) is 0. The molecule has 0 radical (unpaired) electrons. The fraction of sp³-hybridized carbons (Fsp3) is 0.500. The van der Waals surface area contributed by atoms with Crippen LogP contribution in [0.4, 0.5) is 0 Å². The quantitative estimate of drug-likeness (QED) is 0.392. The molecule has 12 heteroatoms. The average Bonchev–Trinajstić information content (AvgIpc) is 1.54. The van der Waals surface area contributed by atoms with Gasteiger partial charge in [-0.05, 0) is 0 Å². The second kappa shape index (κ2) is 59.2. The lowest BCUT2D eigenvalue weighted by molar-refractivity contribution is -0.135.